The first-order valence-corrected chi connectivity index (χ1v) is 6.98. The number of imide groups is 1. The summed E-state index contributed by atoms with van der Waals surface area (Å²) in [4.78, 5) is 34.3. The number of methoxy groups -OCH3 is 1. The molecule has 120 valence electrons. The molecule has 0 radical (unpaired) electrons. The number of ether oxygens (including phenoxy) is 1. The number of urea groups is 1. The fourth-order valence-electron chi connectivity index (χ4n) is 1.74. The molecule has 0 aliphatic heterocycles. The van der Waals surface area contributed by atoms with Crippen molar-refractivity contribution in [3.63, 3.8) is 0 Å². The van der Waals surface area contributed by atoms with Crippen LogP contribution >= 0.6 is 0 Å². The Hall–Kier alpha value is -2.57. The van der Waals surface area contributed by atoms with Crippen molar-refractivity contribution < 1.29 is 19.1 Å². The van der Waals surface area contributed by atoms with Gasteiger partial charge in [0.05, 0.1) is 19.2 Å². The fourth-order valence-corrected chi connectivity index (χ4v) is 1.74. The monoisotopic (exact) mass is 307 g/mol. The molecule has 0 heterocycles. The number of esters is 1. The van der Waals surface area contributed by atoms with E-state index in [2.05, 4.69) is 20.7 Å². The van der Waals surface area contributed by atoms with E-state index in [0.29, 0.717) is 17.8 Å². The topological polar surface area (TPSA) is 96.5 Å². The highest BCUT2D eigenvalue weighted by Crippen LogP contribution is 2.16. The fraction of sp³-hybridized carbons (Fsp3) is 0.400. The summed E-state index contributed by atoms with van der Waals surface area (Å²) in [5, 5.41) is 7.68. The van der Waals surface area contributed by atoms with Gasteiger partial charge in [-0.15, -0.1) is 0 Å². The van der Waals surface area contributed by atoms with Gasteiger partial charge in [-0.3, -0.25) is 10.1 Å². The molecule has 0 saturated heterocycles. The lowest BCUT2D eigenvalue weighted by atomic mass is 10.1. The molecular weight excluding hydrogens is 286 g/mol. The zero-order valence-corrected chi connectivity index (χ0v) is 13.0. The second-order valence-electron chi connectivity index (χ2n) is 4.68. The maximum atomic E-state index is 11.6. The molecule has 3 N–H and O–H groups in total. The van der Waals surface area contributed by atoms with E-state index in [9.17, 15) is 14.4 Å². The lowest BCUT2D eigenvalue weighted by Gasteiger charge is -2.11. The van der Waals surface area contributed by atoms with Crippen molar-refractivity contribution in [1.29, 1.82) is 0 Å². The van der Waals surface area contributed by atoms with Crippen LogP contribution in [0.15, 0.2) is 18.2 Å². The highest BCUT2D eigenvalue weighted by atomic mass is 16.5. The highest BCUT2D eigenvalue weighted by Gasteiger charge is 2.10. The van der Waals surface area contributed by atoms with Crippen LogP contribution in [0.4, 0.5) is 10.5 Å². The summed E-state index contributed by atoms with van der Waals surface area (Å²) in [7, 11) is 1.32. The lowest BCUT2D eigenvalue weighted by molar-refractivity contribution is -0.118. The van der Waals surface area contributed by atoms with E-state index < -0.39 is 17.9 Å². The molecule has 0 atom stereocenters. The van der Waals surface area contributed by atoms with Crippen LogP contribution in [-0.2, 0) is 9.53 Å². The largest absolute Gasteiger partial charge is 0.465 e. The molecule has 3 amide bonds. The minimum Gasteiger partial charge on any atom is -0.465 e. The SMILES string of the molecule is CCCNC(=O)NC(=O)CNc1ccc(C(=O)OC)cc1C. The summed E-state index contributed by atoms with van der Waals surface area (Å²) in [6.07, 6.45) is 0.797. The van der Waals surface area contributed by atoms with Gasteiger partial charge in [-0.2, -0.15) is 0 Å². The Bertz CT molecular complexity index is 558. The van der Waals surface area contributed by atoms with Gasteiger partial charge in [-0.05, 0) is 37.1 Å². The van der Waals surface area contributed by atoms with E-state index in [1.165, 1.54) is 7.11 Å². The zero-order chi connectivity index (χ0) is 16.5. The molecule has 7 heteroatoms. The molecule has 7 nitrogen and oxygen atoms in total. The molecule has 0 unspecified atom stereocenters. The summed E-state index contributed by atoms with van der Waals surface area (Å²) in [6.45, 7) is 4.20. The molecule has 0 spiro atoms. The number of nitrogens with one attached hydrogen (secondary N) is 3. The smallest absolute Gasteiger partial charge is 0.337 e. The minimum atomic E-state index is -0.508. The Morgan fingerprint density at radius 3 is 2.55 bits per heavy atom. The first-order chi connectivity index (χ1) is 10.5. The summed E-state index contributed by atoms with van der Waals surface area (Å²) >= 11 is 0. The van der Waals surface area contributed by atoms with Gasteiger partial charge in [0.2, 0.25) is 5.91 Å². The molecule has 0 aliphatic rings. The van der Waals surface area contributed by atoms with E-state index in [-0.39, 0.29) is 6.54 Å². The van der Waals surface area contributed by atoms with Gasteiger partial charge in [-0.1, -0.05) is 6.92 Å². The van der Waals surface area contributed by atoms with Crippen LogP contribution in [0.25, 0.3) is 0 Å². The van der Waals surface area contributed by atoms with Gasteiger partial charge in [0.25, 0.3) is 0 Å². The standard InChI is InChI=1S/C15H21N3O4/c1-4-7-16-15(21)18-13(19)9-17-12-6-5-11(8-10(12)2)14(20)22-3/h5-6,8,17H,4,7,9H2,1-3H3,(H2,16,18,19,21). The minimum absolute atomic E-state index is 0.0437. The van der Waals surface area contributed by atoms with Crippen molar-refractivity contribution in [1.82, 2.24) is 10.6 Å². The third-order valence-electron chi connectivity index (χ3n) is 2.88. The number of rotatable bonds is 6. The van der Waals surface area contributed by atoms with E-state index in [1.807, 2.05) is 6.92 Å². The van der Waals surface area contributed by atoms with Crippen molar-refractivity contribution in [2.75, 3.05) is 25.5 Å². The van der Waals surface area contributed by atoms with Crippen LogP contribution < -0.4 is 16.0 Å². The number of carbonyl (C=O) groups excluding carboxylic acids is 3. The Balaban J connectivity index is 2.52. The van der Waals surface area contributed by atoms with Crippen LogP contribution in [0.2, 0.25) is 0 Å². The van der Waals surface area contributed by atoms with Crippen LogP contribution in [0.5, 0.6) is 0 Å². The van der Waals surface area contributed by atoms with Crippen molar-refractivity contribution >= 4 is 23.6 Å². The van der Waals surface area contributed by atoms with Crippen LogP contribution in [0.1, 0.15) is 29.3 Å². The first-order valence-electron chi connectivity index (χ1n) is 6.98. The number of benzene rings is 1. The molecule has 0 aliphatic carbocycles. The molecule has 0 aromatic heterocycles. The van der Waals surface area contributed by atoms with Crippen molar-refractivity contribution in [2.45, 2.75) is 20.3 Å². The van der Waals surface area contributed by atoms with Gasteiger partial charge in [0, 0.05) is 12.2 Å². The molecule has 22 heavy (non-hydrogen) atoms. The third kappa shape index (κ3) is 5.43. The molecule has 1 aromatic carbocycles. The Morgan fingerprint density at radius 1 is 1.23 bits per heavy atom. The Labute approximate surface area is 129 Å². The van der Waals surface area contributed by atoms with Crippen molar-refractivity contribution in [3.8, 4) is 0 Å². The summed E-state index contributed by atoms with van der Waals surface area (Å²) in [6, 6.07) is 4.45. The predicted molar refractivity (Wildman–Crippen MR) is 82.8 cm³/mol. The van der Waals surface area contributed by atoms with Crippen LogP contribution in [0.3, 0.4) is 0 Å². The number of anilines is 1. The zero-order valence-electron chi connectivity index (χ0n) is 13.0. The second-order valence-corrected chi connectivity index (χ2v) is 4.68. The van der Waals surface area contributed by atoms with Gasteiger partial charge in [0.15, 0.2) is 0 Å². The second kappa shape index (κ2) is 8.66. The molecule has 1 aromatic rings. The van der Waals surface area contributed by atoms with E-state index in [0.717, 1.165) is 12.0 Å². The van der Waals surface area contributed by atoms with Crippen LogP contribution in [-0.4, -0.2) is 38.1 Å². The van der Waals surface area contributed by atoms with Gasteiger partial charge in [0.1, 0.15) is 0 Å². The summed E-state index contributed by atoms with van der Waals surface area (Å²) < 4.78 is 4.64. The maximum Gasteiger partial charge on any atom is 0.337 e. The molecule has 0 fully saturated rings. The average Bonchev–Trinajstić information content (AvgIpc) is 2.50. The van der Waals surface area contributed by atoms with Gasteiger partial charge in [-0.25, -0.2) is 9.59 Å². The van der Waals surface area contributed by atoms with E-state index >= 15 is 0 Å². The van der Waals surface area contributed by atoms with E-state index in [1.54, 1.807) is 25.1 Å². The number of carbonyl (C=O) groups is 3. The summed E-state index contributed by atoms with van der Waals surface area (Å²) in [5.41, 5.74) is 1.94. The number of hydrogen-bond donors (Lipinski definition) is 3. The third-order valence-corrected chi connectivity index (χ3v) is 2.88. The van der Waals surface area contributed by atoms with E-state index in [4.69, 9.17) is 0 Å². The summed E-state index contributed by atoms with van der Waals surface area (Å²) in [5.74, 6) is -0.856. The molecular formula is C15H21N3O4. The Morgan fingerprint density at radius 2 is 1.95 bits per heavy atom. The van der Waals surface area contributed by atoms with Crippen molar-refractivity contribution in [3.05, 3.63) is 29.3 Å². The Kier molecular flexibility index (Phi) is 6.88. The van der Waals surface area contributed by atoms with Gasteiger partial charge >= 0.3 is 12.0 Å². The average molecular weight is 307 g/mol. The quantitative estimate of drug-likeness (QED) is 0.691. The molecule has 0 bridgehead atoms. The first kappa shape index (κ1) is 17.5. The van der Waals surface area contributed by atoms with Crippen molar-refractivity contribution in [2.24, 2.45) is 0 Å². The normalized spacial score (nSPS) is 9.77. The molecule has 0 saturated carbocycles. The maximum absolute atomic E-state index is 11.6. The van der Waals surface area contributed by atoms with Gasteiger partial charge < -0.3 is 15.4 Å². The number of amides is 3. The number of hydrogen-bond acceptors (Lipinski definition) is 5. The number of aryl methyl sites for hydroxylation is 1. The lowest BCUT2D eigenvalue weighted by Crippen LogP contribution is -2.42. The highest BCUT2D eigenvalue weighted by molar-refractivity contribution is 5.96. The molecule has 1 rings (SSSR count). The predicted octanol–water partition coefficient (Wildman–Crippen LogP) is 1.43. The van der Waals surface area contributed by atoms with Crippen LogP contribution in [0, 0.1) is 6.92 Å².